The van der Waals surface area contributed by atoms with Gasteiger partial charge in [0.25, 0.3) is 0 Å². The number of carbonyl (C=O) groups is 1. The molecule has 1 aliphatic rings. The molecule has 2 heterocycles. The van der Waals surface area contributed by atoms with Crippen molar-refractivity contribution >= 4 is 16.9 Å². The molecular weight excluding hydrogens is 336 g/mol. The Hall–Kier alpha value is -2.59. The van der Waals surface area contributed by atoms with Gasteiger partial charge in [0, 0.05) is 35.6 Å². The number of aromatic amines is 1. The molecule has 4 nitrogen and oxygen atoms in total. The van der Waals surface area contributed by atoms with E-state index in [0.717, 1.165) is 36.3 Å². The van der Waals surface area contributed by atoms with E-state index in [0.29, 0.717) is 6.54 Å². The molecule has 2 atom stereocenters. The van der Waals surface area contributed by atoms with E-state index in [2.05, 4.69) is 53.2 Å². The average molecular weight is 362 g/mol. The van der Waals surface area contributed by atoms with Crippen molar-refractivity contribution in [2.45, 2.75) is 19.3 Å². The third-order valence-electron chi connectivity index (χ3n) is 5.80. The number of rotatable bonds is 3. The first kappa shape index (κ1) is 17.8. The molecule has 4 rings (SSSR count). The summed E-state index contributed by atoms with van der Waals surface area (Å²) in [5.41, 5.74) is 4.77. The van der Waals surface area contributed by atoms with Crippen LogP contribution in [0.25, 0.3) is 10.9 Å². The van der Waals surface area contributed by atoms with Gasteiger partial charge in [0.15, 0.2) is 0 Å². The molecule has 27 heavy (non-hydrogen) atoms. The second kappa shape index (κ2) is 7.57. The van der Waals surface area contributed by atoms with E-state index in [1.54, 1.807) is 0 Å². The Bertz CT molecular complexity index is 932. The molecule has 0 spiro atoms. The quantitative estimate of drug-likeness (QED) is 0.717. The highest BCUT2D eigenvalue weighted by Crippen LogP contribution is 2.39. The first-order valence-electron chi connectivity index (χ1n) is 9.67. The molecule has 0 bridgehead atoms. The summed E-state index contributed by atoms with van der Waals surface area (Å²) in [7, 11) is 1.49. The summed E-state index contributed by atoms with van der Waals surface area (Å²) < 4.78 is 5.24. The van der Waals surface area contributed by atoms with E-state index in [9.17, 15) is 4.79 Å². The predicted octanol–water partition coefficient (Wildman–Crippen LogP) is 3.97. The van der Waals surface area contributed by atoms with Gasteiger partial charge in [0.2, 0.25) is 0 Å². The van der Waals surface area contributed by atoms with Crippen molar-refractivity contribution in [1.82, 2.24) is 9.88 Å². The number of esters is 1. The van der Waals surface area contributed by atoms with Crippen molar-refractivity contribution in [2.75, 3.05) is 26.7 Å². The fourth-order valence-corrected chi connectivity index (χ4v) is 4.41. The Labute approximate surface area is 160 Å². The third-order valence-corrected chi connectivity index (χ3v) is 5.80. The number of para-hydroxylation sites is 1. The van der Waals surface area contributed by atoms with Crippen LogP contribution in [0.5, 0.6) is 0 Å². The number of benzene rings is 2. The van der Waals surface area contributed by atoms with Gasteiger partial charge in [0.05, 0.1) is 13.0 Å². The molecule has 0 saturated heterocycles. The van der Waals surface area contributed by atoms with Gasteiger partial charge in [0.1, 0.15) is 0 Å². The van der Waals surface area contributed by atoms with E-state index >= 15 is 0 Å². The van der Waals surface area contributed by atoms with Crippen LogP contribution in [0.1, 0.15) is 29.7 Å². The normalized spacial score (nSPS) is 20.7. The minimum atomic E-state index is -0.246. The predicted molar refractivity (Wildman–Crippen MR) is 108 cm³/mol. The second-order valence-corrected chi connectivity index (χ2v) is 7.22. The lowest BCUT2D eigenvalue weighted by Crippen LogP contribution is -2.40. The van der Waals surface area contributed by atoms with Crippen LogP contribution in [0.4, 0.5) is 0 Å². The van der Waals surface area contributed by atoms with Crippen LogP contribution < -0.4 is 0 Å². The van der Waals surface area contributed by atoms with Crippen LogP contribution in [-0.4, -0.2) is 42.6 Å². The monoisotopic (exact) mass is 362 g/mol. The van der Waals surface area contributed by atoms with Gasteiger partial charge in [-0.05, 0) is 30.2 Å². The van der Waals surface area contributed by atoms with Crippen molar-refractivity contribution in [2.24, 2.45) is 5.92 Å². The van der Waals surface area contributed by atoms with Crippen LogP contribution in [0.2, 0.25) is 0 Å². The fraction of sp³-hybridized carbons (Fsp3) is 0.348. The van der Waals surface area contributed by atoms with E-state index in [1.165, 1.54) is 18.1 Å². The smallest absolute Gasteiger partial charge is 0.310 e. The van der Waals surface area contributed by atoms with Crippen LogP contribution in [0, 0.1) is 5.92 Å². The lowest BCUT2D eigenvalue weighted by molar-refractivity contribution is -0.146. The molecule has 0 fully saturated rings. The molecular formula is C23H26N2O2. The number of nitrogens with zero attached hydrogens (tertiary/aromatic N) is 1. The Morgan fingerprint density at radius 2 is 1.89 bits per heavy atom. The van der Waals surface area contributed by atoms with Crippen molar-refractivity contribution in [3.8, 4) is 0 Å². The van der Waals surface area contributed by atoms with E-state index in [4.69, 9.17) is 4.74 Å². The number of carbonyl (C=O) groups excluding carboxylic acids is 1. The number of aromatic nitrogens is 1. The Morgan fingerprint density at radius 3 is 2.63 bits per heavy atom. The van der Waals surface area contributed by atoms with Crippen LogP contribution in [0.15, 0.2) is 54.6 Å². The van der Waals surface area contributed by atoms with E-state index in [-0.39, 0.29) is 17.8 Å². The van der Waals surface area contributed by atoms with E-state index in [1.807, 2.05) is 18.2 Å². The Morgan fingerprint density at radius 1 is 1.15 bits per heavy atom. The molecule has 140 valence electrons. The zero-order valence-corrected chi connectivity index (χ0v) is 15.9. The van der Waals surface area contributed by atoms with E-state index < -0.39 is 0 Å². The van der Waals surface area contributed by atoms with Crippen molar-refractivity contribution in [3.05, 3.63) is 71.4 Å². The highest BCUT2D eigenvalue weighted by Gasteiger charge is 2.37. The molecule has 1 N–H and O–H groups in total. The Balaban J connectivity index is 1.95. The summed E-state index contributed by atoms with van der Waals surface area (Å²) in [6.45, 7) is 4.73. The first-order valence-corrected chi connectivity index (χ1v) is 9.67. The number of hydrogen-bond donors (Lipinski definition) is 1. The summed E-state index contributed by atoms with van der Waals surface area (Å²) in [5, 5.41) is 1.26. The molecule has 3 aromatic rings. The maximum atomic E-state index is 12.8. The van der Waals surface area contributed by atoms with Gasteiger partial charge in [-0.25, -0.2) is 0 Å². The molecule has 0 aliphatic carbocycles. The molecule has 1 aromatic heterocycles. The summed E-state index contributed by atoms with van der Waals surface area (Å²) in [6.07, 6.45) is 0.977. The summed E-state index contributed by atoms with van der Waals surface area (Å²) >= 11 is 0. The number of methoxy groups -OCH3 is 1. The van der Waals surface area contributed by atoms with Crippen molar-refractivity contribution < 1.29 is 9.53 Å². The van der Waals surface area contributed by atoms with Crippen LogP contribution in [0.3, 0.4) is 0 Å². The minimum absolute atomic E-state index is 0.0459. The molecule has 0 unspecified atom stereocenters. The second-order valence-electron chi connectivity index (χ2n) is 7.22. The van der Waals surface area contributed by atoms with Gasteiger partial charge < -0.3 is 14.6 Å². The first-order chi connectivity index (χ1) is 13.2. The number of likely N-dealkylation sites (N-methyl/N-ethyl adjacent to an activating group) is 1. The highest BCUT2D eigenvalue weighted by molar-refractivity contribution is 5.86. The minimum Gasteiger partial charge on any atom is -0.469 e. The van der Waals surface area contributed by atoms with Crippen LogP contribution in [-0.2, 0) is 16.0 Å². The largest absolute Gasteiger partial charge is 0.469 e. The highest BCUT2D eigenvalue weighted by atomic mass is 16.5. The molecule has 0 saturated carbocycles. The van der Waals surface area contributed by atoms with Gasteiger partial charge in [-0.3, -0.25) is 4.79 Å². The lowest BCUT2D eigenvalue weighted by Gasteiger charge is -2.33. The molecule has 1 aliphatic heterocycles. The Kier molecular flexibility index (Phi) is 4.99. The zero-order valence-electron chi connectivity index (χ0n) is 15.9. The number of hydrogen-bond acceptors (Lipinski definition) is 3. The van der Waals surface area contributed by atoms with Crippen LogP contribution >= 0.6 is 0 Å². The zero-order chi connectivity index (χ0) is 18.8. The summed E-state index contributed by atoms with van der Waals surface area (Å²) in [5.74, 6) is -0.436. The van der Waals surface area contributed by atoms with Gasteiger partial charge in [-0.2, -0.15) is 0 Å². The fourth-order valence-electron chi connectivity index (χ4n) is 4.41. The number of nitrogens with one attached hydrogen (secondary N) is 1. The third kappa shape index (κ3) is 3.26. The number of ether oxygens (including phenoxy) is 1. The lowest BCUT2D eigenvalue weighted by atomic mass is 9.80. The summed E-state index contributed by atoms with van der Waals surface area (Å²) in [6, 6.07) is 18.8. The molecule has 2 aromatic carbocycles. The van der Waals surface area contributed by atoms with Gasteiger partial charge >= 0.3 is 5.97 Å². The SMILES string of the molecule is CCN1CCc2c([nH]c3ccccc23)[C@@H](c2ccccc2)[C@H](C(=O)OC)C1. The van der Waals surface area contributed by atoms with Crippen molar-refractivity contribution in [3.63, 3.8) is 0 Å². The molecule has 0 radical (unpaired) electrons. The average Bonchev–Trinajstić information content (AvgIpc) is 3.06. The van der Waals surface area contributed by atoms with Gasteiger partial charge in [-0.1, -0.05) is 55.5 Å². The standard InChI is InChI=1S/C23H26N2O2/c1-3-25-14-13-18-17-11-7-8-12-20(17)24-22(18)21(16-9-5-4-6-10-16)19(15-25)23(26)27-2/h4-12,19,21,24H,3,13-15H2,1-2H3/t19-,21+/m1/s1. The van der Waals surface area contributed by atoms with Gasteiger partial charge in [-0.15, -0.1) is 0 Å². The topological polar surface area (TPSA) is 45.3 Å². The summed E-state index contributed by atoms with van der Waals surface area (Å²) in [4.78, 5) is 18.9. The van der Waals surface area contributed by atoms with Crippen molar-refractivity contribution in [1.29, 1.82) is 0 Å². The molecule has 4 heteroatoms. The number of H-pyrrole nitrogens is 1. The maximum Gasteiger partial charge on any atom is 0.310 e. The number of fused-ring (bicyclic) bond motifs is 3. The maximum absolute atomic E-state index is 12.8. The molecule has 0 amide bonds.